The fourth-order valence-electron chi connectivity index (χ4n) is 3.70. The van der Waals surface area contributed by atoms with Crippen molar-refractivity contribution in [2.45, 2.75) is 24.9 Å². The van der Waals surface area contributed by atoms with Crippen molar-refractivity contribution in [3.05, 3.63) is 76.3 Å². The topological polar surface area (TPSA) is 75.0 Å². The van der Waals surface area contributed by atoms with Gasteiger partial charge in [0, 0.05) is 25.0 Å². The second kappa shape index (κ2) is 7.58. The van der Waals surface area contributed by atoms with Gasteiger partial charge >= 0.3 is 0 Å². The number of hydrogen-bond acceptors (Lipinski definition) is 4. The fourth-order valence-corrected chi connectivity index (χ4v) is 3.70. The minimum atomic E-state index is -0.0874. The van der Waals surface area contributed by atoms with Crippen LogP contribution in [0.5, 0.6) is 0 Å². The van der Waals surface area contributed by atoms with Gasteiger partial charge in [0.2, 0.25) is 0 Å². The molecular weight excluding hydrogens is 348 g/mol. The molecule has 2 heterocycles. The number of aromatic amines is 1. The highest BCUT2D eigenvalue weighted by Crippen LogP contribution is 2.31. The van der Waals surface area contributed by atoms with Crippen molar-refractivity contribution in [2.24, 2.45) is 5.73 Å². The summed E-state index contributed by atoms with van der Waals surface area (Å²) in [6, 6.07) is 17.9. The zero-order valence-electron chi connectivity index (χ0n) is 14.6. The van der Waals surface area contributed by atoms with Gasteiger partial charge in [-0.3, -0.25) is 9.69 Å². The molecule has 26 heavy (non-hydrogen) atoms. The molecule has 0 saturated carbocycles. The van der Waals surface area contributed by atoms with Gasteiger partial charge in [0.1, 0.15) is 5.82 Å². The van der Waals surface area contributed by atoms with Crippen LogP contribution in [0.25, 0.3) is 10.9 Å². The molecule has 5 nitrogen and oxygen atoms in total. The van der Waals surface area contributed by atoms with Crippen molar-refractivity contribution in [2.75, 3.05) is 13.1 Å². The molecule has 0 radical (unpaired) electrons. The van der Waals surface area contributed by atoms with Crippen LogP contribution in [-0.2, 0) is 0 Å². The Labute approximate surface area is 158 Å². The van der Waals surface area contributed by atoms with Gasteiger partial charge < -0.3 is 10.7 Å². The van der Waals surface area contributed by atoms with E-state index >= 15 is 0 Å². The highest BCUT2D eigenvalue weighted by Gasteiger charge is 2.34. The summed E-state index contributed by atoms with van der Waals surface area (Å²) in [6.45, 7) is 3.73. The van der Waals surface area contributed by atoms with Crippen LogP contribution in [0.3, 0.4) is 0 Å². The van der Waals surface area contributed by atoms with Gasteiger partial charge in [-0.1, -0.05) is 42.5 Å². The number of H-pyrrole nitrogens is 1. The maximum absolute atomic E-state index is 12.3. The van der Waals surface area contributed by atoms with Crippen molar-refractivity contribution in [1.82, 2.24) is 14.9 Å². The summed E-state index contributed by atoms with van der Waals surface area (Å²) in [6.07, 6.45) is 0. The number of nitrogens with zero attached hydrogens (tertiary/aromatic N) is 2. The number of nitrogens with two attached hydrogens (primary N) is 1. The van der Waals surface area contributed by atoms with Crippen molar-refractivity contribution >= 4 is 23.3 Å². The molecule has 1 unspecified atom stereocenters. The molecule has 6 heteroatoms. The second-order valence-electron chi connectivity index (χ2n) is 6.78. The van der Waals surface area contributed by atoms with Gasteiger partial charge in [-0.15, -0.1) is 12.4 Å². The molecule has 1 fully saturated rings. The van der Waals surface area contributed by atoms with Gasteiger partial charge in [0.15, 0.2) is 0 Å². The number of nitrogens with one attached hydrogen (secondary N) is 1. The smallest absolute Gasteiger partial charge is 0.258 e. The lowest BCUT2D eigenvalue weighted by molar-refractivity contribution is 0.248. The van der Waals surface area contributed by atoms with Crippen LogP contribution >= 0.6 is 12.4 Å². The molecule has 3 aromatic rings. The Hall–Kier alpha value is -2.21. The lowest BCUT2D eigenvalue weighted by Gasteiger charge is -2.23. The van der Waals surface area contributed by atoms with E-state index in [0.717, 1.165) is 18.6 Å². The number of hydrogen-bond donors (Lipinski definition) is 2. The molecule has 1 saturated heterocycles. The first-order chi connectivity index (χ1) is 12.1. The summed E-state index contributed by atoms with van der Waals surface area (Å²) in [4.78, 5) is 22.2. The molecule has 0 spiro atoms. The zero-order chi connectivity index (χ0) is 17.4. The third kappa shape index (κ3) is 3.38. The molecule has 1 aliphatic rings. The first-order valence-corrected chi connectivity index (χ1v) is 8.67. The largest absolute Gasteiger partial charge is 0.326 e. The summed E-state index contributed by atoms with van der Waals surface area (Å²) in [5.74, 6) is 1.00. The van der Waals surface area contributed by atoms with E-state index in [-0.39, 0.29) is 30.0 Å². The van der Waals surface area contributed by atoms with Crippen LogP contribution in [0, 0.1) is 0 Å². The van der Waals surface area contributed by atoms with Crippen LogP contribution in [-0.4, -0.2) is 34.0 Å². The Kier molecular flexibility index (Phi) is 5.41. The first-order valence-electron chi connectivity index (χ1n) is 8.67. The van der Waals surface area contributed by atoms with E-state index in [1.807, 2.05) is 24.3 Å². The zero-order valence-corrected chi connectivity index (χ0v) is 15.4. The predicted octanol–water partition coefficient (Wildman–Crippen LogP) is 2.83. The highest BCUT2D eigenvalue weighted by atomic mass is 35.5. The number of halogens is 1. The van der Waals surface area contributed by atoms with Gasteiger partial charge in [-0.2, -0.15) is 0 Å². The summed E-state index contributed by atoms with van der Waals surface area (Å²) in [5.41, 5.74) is 8.32. The average molecular weight is 371 g/mol. The van der Waals surface area contributed by atoms with Gasteiger partial charge in [-0.25, -0.2) is 4.98 Å². The van der Waals surface area contributed by atoms with Crippen molar-refractivity contribution < 1.29 is 0 Å². The Bertz CT molecular complexity index is 943. The molecule has 1 aliphatic heterocycles. The molecule has 136 valence electrons. The number of para-hydroxylation sites is 1. The molecule has 1 aromatic heterocycles. The minimum Gasteiger partial charge on any atom is -0.326 e. The summed E-state index contributed by atoms with van der Waals surface area (Å²) in [7, 11) is 0. The molecule has 3 atom stereocenters. The van der Waals surface area contributed by atoms with Crippen LogP contribution in [0.2, 0.25) is 0 Å². The van der Waals surface area contributed by atoms with Crippen LogP contribution in [0.15, 0.2) is 59.4 Å². The lowest BCUT2D eigenvalue weighted by atomic mass is 9.95. The number of benzene rings is 2. The molecular formula is C20H23ClN4O. The first kappa shape index (κ1) is 18.6. The standard InChI is InChI=1S/C20H22N4O.ClH/c1-13(19-22-18-10-6-5-9-15(18)20(25)23-19)24-11-16(17(21)12-24)14-7-3-2-4-8-14;/h2-10,13,16-17H,11-12,21H2,1H3,(H,22,23,25);1H/t13?,16-,17+;/m0./s1. The van der Waals surface area contributed by atoms with Crippen molar-refractivity contribution in [1.29, 1.82) is 0 Å². The van der Waals surface area contributed by atoms with E-state index in [1.54, 1.807) is 6.07 Å². The number of rotatable bonds is 3. The van der Waals surface area contributed by atoms with E-state index in [2.05, 4.69) is 46.1 Å². The molecule has 3 N–H and O–H groups in total. The third-order valence-corrected chi connectivity index (χ3v) is 5.20. The van der Waals surface area contributed by atoms with Crippen LogP contribution < -0.4 is 11.3 Å². The highest BCUT2D eigenvalue weighted by molar-refractivity contribution is 5.85. The van der Waals surface area contributed by atoms with Crippen LogP contribution in [0.4, 0.5) is 0 Å². The van der Waals surface area contributed by atoms with E-state index in [1.165, 1.54) is 5.56 Å². The van der Waals surface area contributed by atoms with Crippen LogP contribution in [0.1, 0.15) is 30.3 Å². The Morgan fingerprint density at radius 3 is 2.58 bits per heavy atom. The predicted molar refractivity (Wildman–Crippen MR) is 107 cm³/mol. The Balaban J connectivity index is 0.00000196. The molecule has 0 aliphatic carbocycles. The average Bonchev–Trinajstić information content (AvgIpc) is 3.03. The van der Waals surface area contributed by atoms with Crippen molar-refractivity contribution in [3.8, 4) is 0 Å². The maximum Gasteiger partial charge on any atom is 0.258 e. The Morgan fingerprint density at radius 1 is 1.12 bits per heavy atom. The summed E-state index contributed by atoms with van der Waals surface area (Å²) >= 11 is 0. The third-order valence-electron chi connectivity index (χ3n) is 5.20. The monoisotopic (exact) mass is 370 g/mol. The lowest BCUT2D eigenvalue weighted by Crippen LogP contribution is -2.31. The second-order valence-corrected chi connectivity index (χ2v) is 6.78. The minimum absolute atomic E-state index is 0. The van der Waals surface area contributed by atoms with E-state index < -0.39 is 0 Å². The number of likely N-dealkylation sites (tertiary alicyclic amines) is 1. The van der Waals surface area contributed by atoms with E-state index in [0.29, 0.717) is 17.1 Å². The van der Waals surface area contributed by atoms with E-state index in [4.69, 9.17) is 5.73 Å². The fraction of sp³-hybridized carbons (Fsp3) is 0.300. The molecule has 0 bridgehead atoms. The maximum atomic E-state index is 12.3. The molecule has 0 amide bonds. The molecule has 4 rings (SSSR count). The van der Waals surface area contributed by atoms with E-state index in [9.17, 15) is 4.79 Å². The number of aromatic nitrogens is 2. The SMILES string of the molecule is CC(c1nc2ccccc2c(=O)[nH]1)N1C[C@@H](N)[C@H](c2ccccc2)C1.Cl. The summed E-state index contributed by atoms with van der Waals surface area (Å²) < 4.78 is 0. The van der Waals surface area contributed by atoms with Gasteiger partial charge in [0.25, 0.3) is 5.56 Å². The number of fused-ring (bicyclic) bond motifs is 1. The van der Waals surface area contributed by atoms with Crippen molar-refractivity contribution in [3.63, 3.8) is 0 Å². The van der Waals surface area contributed by atoms with Gasteiger partial charge in [0.05, 0.1) is 16.9 Å². The summed E-state index contributed by atoms with van der Waals surface area (Å²) in [5, 5.41) is 0.624. The Morgan fingerprint density at radius 2 is 1.81 bits per heavy atom. The molecule has 2 aromatic carbocycles. The van der Waals surface area contributed by atoms with Gasteiger partial charge in [-0.05, 0) is 24.6 Å². The quantitative estimate of drug-likeness (QED) is 0.743. The normalized spacial score (nSPS) is 21.5.